The summed E-state index contributed by atoms with van der Waals surface area (Å²) in [6.07, 6.45) is 1.11. The van der Waals surface area contributed by atoms with Crippen LogP contribution in [0.2, 0.25) is 0 Å². The van der Waals surface area contributed by atoms with Crippen molar-refractivity contribution in [3.63, 3.8) is 0 Å². The number of nitro groups is 1. The number of nitro benzene ring substituents is 1. The lowest BCUT2D eigenvalue weighted by Crippen LogP contribution is -2.83. The van der Waals surface area contributed by atoms with Crippen molar-refractivity contribution >= 4 is 5.69 Å². The van der Waals surface area contributed by atoms with Crippen molar-refractivity contribution in [2.45, 2.75) is 19.1 Å². The van der Waals surface area contributed by atoms with Crippen molar-refractivity contribution in [2.24, 2.45) is 0 Å². The van der Waals surface area contributed by atoms with Crippen LogP contribution in [0.3, 0.4) is 0 Å². The van der Waals surface area contributed by atoms with Gasteiger partial charge in [-0.1, -0.05) is 24.3 Å². The van der Waals surface area contributed by atoms with E-state index in [4.69, 9.17) is 4.74 Å². The van der Waals surface area contributed by atoms with E-state index in [1.807, 2.05) is 12.1 Å². The summed E-state index contributed by atoms with van der Waals surface area (Å²) in [5.41, 5.74) is 3.87. The van der Waals surface area contributed by atoms with Crippen molar-refractivity contribution in [3.8, 4) is 0 Å². The molecule has 0 unspecified atom stereocenters. The molecular weight excluding hydrogens is 280 g/mol. The monoisotopic (exact) mass is 299 g/mol. The molecule has 2 aromatic rings. The molecule has 2 aromatic carbocycles. The number of nitrogens with zero attached hydrogens (tertiary/aromatic N) is 1. The first kappa shape index (κ1) is 14.7. The first-order valence-electron chi connectivity index (χ1n) is 7.48. The minimum Gasteiger partial charge on any atom is -0.367 e. The molecule has 5 nitrogen and oxygen atoms in total. The van der Waals surface area contributed by atoms with Gasteiger partial charge in [-0.3, -0.25) is 10.1 Å². The predicted molar refractivity (Wildman–Crippen MR) is 82.4 cm³/mol. The van der Waals surface area contributed by atoms with Gasteiger partial charge in [-0.25, -0.2) is 0 Å². The first-order chi connectivity index (χ1) is 10.7. The van der Waals surface area contributed by atoms with Crippen molar-refractivity contribution in [2.75, 3.05) is 13.2 Å². The van der Waals surface area contributed by atoms with Gasteiger partial charge >= 0.3 is 0 Å². The largest absolute Gasteiger partial charge is 0.367 e. The summed E-state index contributed by atoms with van der Waals surface area (Å²) in [6.45, 7) is 2.42. The lowest BCUT2D eigenvalue weighted by molar-refractivity contribution is -0.678. The zero-order chi connectivity index (χ0) is 15.4. The molecule has 0 saturated heterocycles. The Morgan fingerprint density at radius 3 is 2.73 bits per heavy atom. The molecule has 0 bridgehead atoms. The number of ether oxygens (including phenoxy) is 1. The Balaban J connectivity index is 1.56. The van der Waals surface area contributed by atoms with Crippen LogP contribution >= 0.6 is 0 Å². The normalized spacial score (nSPS) is 17.0. The van der Waals surface area contributed by atoms with Crippen LogP contribution in [-0.4, -0.2) is 18.1 Å². The fourth-order valence-corrected chi connectivity index (χ4v) is 2.83. The van der Waals surface area contributed by atoms with Crippen LogP contribution in [0.15, 0.2) is 48.5 Å². The SMILES string of the molecule is O=[N+]([O-])c1ccc(C[NH2+]C[C@H]2OCCc3ccccc32)cc1. The van der Waals surface area contributed by atoms with Crippen molar-refractivity contribution in [1.29, 1.82) is 0 Å². The van der Waals surface area contributed by atoms with E-state index in [1.165, 1.54) is 11.1 Å². The van der Waals surface area contributed by atoms with Crippen LogP contribution in [0.5, 0.6) is 0 Å². The van der Waals surface area contributed by atoms with Gasteiger partial charge in [-0.2, -0.15) is 0 Å². The van der Waals surface area contributed by atoms with Crippen molar-refractivity contribution in [3.05, 3.63) is 75.3 Å². The van der Waals surface area contributed by atoms with Gasteiger partial charge in [0.25, 0.3) is 5.69 Å². The van der Waals surface area contributed by atoms with E-state index >= 15 is 0 Å². The second-order valence-electron chi connectivity index (χ2n) is 5.46. The molecule has 114 valence electrons. The Kier molecular flexibility index (Phi) is 4.46. The van der Waals surface area contributed by atoms with Crippen molar-refractivity contribution < 1.29 is 15.0 Å². The number of hydrogen-bond acceptors (Lipinski definition) is 3. The molecule has 2 N–H and O–H groups in total. The number of quaternary nitrogens is 1. The first-order valence-corrected chi connectivity index (χ1v) is 7.48. The maximum atomic E-state index is 10.6. The molecule has 0 aromatic heterocycles. The smallest absolute Gasteiger partial charge is 0.269 e. The Morgan fingerprint density at radius 1 is 1.18 bits per heavy atom. The topological polar surface area (TPSA) is 69.0 Å². The van der Waals surface area contributed by atoms with Crippen LogP contribution < -0.4 is 5.32 Å². The van der Waals surface area contributed by atoms with Crippen molar-refractivity contribution in [1.82, 2.24) is 0 Å². The number of rotatable bonds is 5. The summed E-state index contributed by atoms with van der Waals surface area (Å²) in [4.78, 5) is 10.3. The highest BCUT2D eigenvalue weighted by Gasteiger charge is 2.21. The van der Waals surface area contributed by atoms with Gasteiger partial charge in [0.05, 0.1) is 11.5 Å². The van der Waals surface area contributed by atoms with Crippen LogP contribution in [-0.2, 0) is 17.7 Å². The Hall–Kier alpha value is -2.24. The van der Waals surface area contributed by atoms with E-state index in [1.54, 1.807) is 12.1 Å². The third-order valence-electron chi connectivity index (χ3n) is 4.00. The average Bonchev–Trinajstić information content (AvgIpc) is 2.55. The molecule has 1 atom stereocenters. The van der Waals surface area contributed by atoms with Gasteiger partial charge in [0.2, 0.25) is 0 Å². The van der Waals surface area contributed by atoms with Gasteiger partial charge in [0, 0.05) is 17.7 Å². The standard InChI is InChI=1S/C17H18N2O3/c20-19(21)15-7-5-13(6-8-15)11-18-12-17-16-4-2-1-3-14(16)9-10-22-17/h1-8,17-18H,9-12H2/p+1/t17-/m1/s1. The van der Waals surface area contributed by atoms with Gasteiger partial charge in [-0.05, 0) is 29.7 Å². The molecule has 0 saturated carbocycles. The molecule has 0 amide bonds. The van der Waals surface area contributed by atoms with E-state index in [2.05, 4.69) is 29.6 Å². The molecular formula is C17H19N2O3+. The molecule has 0 radical (unpaired) electrons. The summed E-state index contributed by atoms with van der Waals surface area (Å²) in [5, 5.41) is 12.8. The number of nitrogens with two attached hydrogens (primary N) is 1. The highest BCUT2D eigenvalue weighted by atomic mass is 16.6. The molecule has 1 heterocycles. The van der Waals surface area contributed by atoms with E-state index < -0.39 is 0 Å². The lowest BCUT2D eigenvalue weighted by Gasteiger charge is -2.24. The second kappa shape index (κ2) is 6.68. The fraction of sp³-hybridized carbons (Fsp3) is 0.294. The summed E-state index contributed by atoms with van der Waals surface area (Å²) in [7, 11) is 0. The average molecular weight is 299 g/mol. The number of hydrogen-bond donors (Lipinski definition) is 1. The van der Waals surface area contributed by atoms with E-state index in [0.717, 1.165) is 31.7 Å². The van der Waals surface area contributed by atoms with Gasteiger partial charge in [0.1, 0.15) is 19.2 Å². The van der Waals surface area contributed by atoms with Crippen LogP contribution in [0.4, 0.5) is 5.69 Å². The highest BCUT2D eigenvalue weighted by Crippen LogP contribution is 2.25. The van der Waals surface area contributed by atoms with Gasteiger partial charge in [0.15, 0.2) is 0 Å². The molecule has 1 aliphatic rings. The van der Waals surface area contributed by atoms with E-state index in [-0.39, 0.29) is 16.7 Å². The maximum absolute atomic E-state index is 10.6. The Labute approximate surface area is 129 Å². The minimum atomic E-state index is -0.375. The van der Waals surface area contributed by atoms with Gasteiger partial charge < -0.3 is 10.1 Å². The second-order valence-corrected chi connectivity index (χ2v) is 5.46. The predicted octanol–water partition coefficient (Wildman–Crippen LogP) is 1.97. The fourth-order valence-electron chi connectivity index (χ4n) is 2.83. The highest BCUT2D eigenvalue weighted by molar-refractivity contribution is 5.32. The summed E-state index contributed by atoms with van der Waals surface area (Å²) in [5.74, 6) is 0. The van der Waals surface area contributed by atoms with Crippen LogP contribution in [0.25, 0.3) is 0 Å². The van der Waals surface area contributed by atoms with Gasteiger partial charge in [-0.15, -0.1) is 0 Å². The number of fused-ring (bicyclic) bond motifs is 1. The minimum absolute atomic E-state index is 0.128. The molecule has 3 rings (SSSR count). The van der Waals surface area contributed by atoms with E-state index in [9.17, 15) is 10.1 Å². The zero-order valence-corrected chi connectivity index (χ0v) is 12.3. The summed E-state index contributed by atoms with van der Waals surface area (Å²) < 4.78 is 5.87. The third-order valence-corrected chi connectivity index (χ3v) is 4.00. The number of benzene rings is 2. The molecule has 22 heavy (non-hydrogen) atoms. The molecule has 0 fully saturated rings. The maximum Gasteiger partial charge on any atom is 0.269 e. The molecule has 5 heteroatoms. The molecule has 1 aliphatic heterocycles. The Bertz CT molecular complexity index is 655. The quantitative estimate of drug-likeness (QED) is 0.678. The summed E-state index contributed by atoms with van der Waals surface area (Å²) >= 11 is 0. The number of non-ortho nitro benzene ring substituents is 1. The van der Waals surface area contributed by atoms with Crippen LogP contribution in [0, 0.1) is 10.1 Å². The van der Waals surface area contributed by atoms with E-state index in [0.29, 0.717) is 0 Å². The summed E-state index contributed by atoms with van der Waals surface area (Å²) in [6, 6.07) is 15.2. The molecule has 0 aliphatic carbocycles. The Morgan fingerprint density at radius 2 is 1.95 bits per heavy atom. The van der Waals surface area contributed by atoms with Crippen LogP contribution in [0.1, 0.15) is 22.8 Å². The lowest BCUT2D eigenvalue weighted by atomic mass is 9.97. The molecule has 0 spiro atoms. The third kappa shape index (κ3) is 3.32. The zero-order valence-electron chi connectivity index (χ0n) is 12.3.